The van der Waals surface area contributed by atoms with Gasteiger partial charge in [0.2, 0.25) is 0 Å². The summed E-state index contributed by atoms with van der Waals surface area (Å²) in [6, 6.07) is 0. The van der Waals surface area contributed by atoms with Crippen LogP contribution in [0, 0.1) is 5.92 Å². The van der Waals surface area contributed by atoms with Crippen molar-refractivity contribution in [3.05, 3.63) is 0 Å². The summed E-state index contributed by atoms with van der Waals surface area (Å²) in [4.78, 5) is 11.2. The van der Waals surface area contributed by atoms with Gasteiger partial charge in [0.15, 0.2) is 0 Å². The molecule has 96 valence electrons. The highest BCUT2D eigenvalue weighted by Gasteiger charge is 2.32. The second-order valence-electron chi connectivity index (χ2n) is 4.71. The quantitative estimate of drug-likeness (QED) is 0.595. The first-order valence-electron chi connectivity index (χ1n) is 5.98. The molecule has 0 aliphatic heterocycles. The normalized spacial score (nSPS) is 15.1. The number of nitrogens with one attached hydrogen (secondary N) is 1. The van der Waals surface area contributed by atoms with Crippen molar-refractivity contribution in [1.29, 1.82) is 0 Å². The first kappa shape index (κ1) is 15.4. The van der Waals surface area contributed by atoms with Crippen molar-refractivity contribution in [3.63, 3.8) is 0 Å². The highest BCUT2D eigenvalue weighted by molar-refractivity contribution is 5.78. The van der Waals surface area contributed by atoms with Gasteiger partial charge in [-0.1, -0.05) is 13.8 Å². The molecule has 0 radical (unpaired) electrons. The van der Waals surface area contributed by atoms with Crippen LogP contribution in [0.15, 0.2) is 0 Å². The predicted octanol–water partition coefficient (Wildman–Crippen LogP) is 1.89. The lowest BCUT2D eigenvalue weighted by atomic mass is 9.90. The van der Waals surface area contributed by atoms with E-state index in [0.717, 1.165) is 6.42 Å². The maximum Gasteiger partial charge on any atom is 0.323 e. The Morgan fingerprint density at radius 2 is 2.12 bits per heavy atom. The van der Waals surface area contributed by atoms with Crippen LogP contribution in [-0.4, -0.2) is 36.4 Å². The number of rotatable bonds is 9. The van der Waals surface area contributed by atoms with Crippen LogP contribution in [0.4, 0.5) is 0 Å². The molecule has 0 saturated heterocycles. The number of hydrogen-bond donors (Lipinski definition) is 2. The van der Waals surface area contributed by atoms with Crippen molar-refractivity contribution in [3.8, 4) is 0 Å². The summed E-state index contributed by atoms with van der Waals surface area (Å²) in [7, 11) is 0. The van der Waals surface area contributed by atoms with Crippen LogP contribution in [0.2, 0.25) is 0 Å². The molecule has 0 fully saturated rings. The number of hydrogen-bond acceptors (Lipinski definition) is 3. The van der Waals surface area contributed by atoms with Gasteiger partial charge in [-0.2, -0.15) is 0 Å². The molecular formula is C12H25NO3. The van der Waals surface area contributed by atoms with Gasteiger partial charge in [-0.25, -0.2) is 0 Å². The van der Waals surface area contributed by atoms with Crippen LogP contribution in [0.25, 0.3) is 0 Å². The zero-order chi connectivity index (χ0) is 12.6. The summed E-state index contributed by atoms with van der Waals surface area (Å²) in [6.45, 7) is 9.83. The van der Waals surface area contributed by atoms with Crippen molar-refractivity contribution in [1.82, 2.24) is 5.32 Å². The lowest BCUT2D eigenvalue weighted by Crippen LogP contribution is -2.50. The second-order valence-corrected chi connectivity index (χ2v) is 4.71. The third-order valence-corrected chi connectivity index (χ3v) is 2.47. The molecule has 4 heteroatoms. The first-order chi connectivity index (χ1) is 7.42. The van der Waals surface area contributed by atoms with E-state index in [2.05, 4.69) is 5.32 Å². The number of carboxylic acid groups (broad SMARTS) is 1. The predicted molar refractivity (Wildman–Crippen MR) is 64.6 cm³/mol. The second kappa shape index (κ2) is 7.63. The van der Waals surface area contributed by atoms with Crippen LogP contribution in [0.5, 0.6) is 0 Å². The van der Waals surface area contributed by atoms with Crippen molar-refractivity contribution in [2.24, 2.45) is 5.92 Å². The molecule has 1 unspecified atom stereocenters. The van der Waals surface area contributed by atoms with Crippen LogP contribution in [0.1, 0.15) is 40.5 Å². The van der Waals surface area contributed by atoms with Gasteiger partial charge in [0, 0.05) is 13.2 Å². The third kappa shape index (κ3) is 6.08. The van der Waals surface area contributed by atoms with Crippen molar-refractivity contribution in [2.45, 2.75) is 46.1 Å². The Bertz CT molecular complexity index is 206. The summed E-state index contributed by atoms with van der Waals surface area (Å²) in [5.41, 5.74) is -0.819. The van der Waals surface area contributed by atoms with E-state index in [-0.39, 0.29) is 0 Å². The molecule has 0 spiro atoms. The lowest BCUT2D eigenvalue weighted by Gasteiger charge is -2.28. The fourth-order valence-electron chi connectivity index (χ4n) is 1.73. The maximum absolute atomic E-state index is 11.2. The highest BCUT2D eigenvalue weighted by atomic mass is 16.5. The number of ether oxygens (including phenoxy) is 1. The lowest BCUT2D eigenvalue weighted by molar-refractivity contribution is -0.144. The van der Waals surface area contributed by atoms with E-state index in [9.17, 15) is 9.90 Å². The monoisotopic (exact) mass is 231 g/mol. The Morgan fingerprint density at radius 1 is 1.50 bits per heavy atom. The van der Waals surface area contributed by atoms with E-state index in [1.54, 1.807) is 6.92 Å². The SMILES string of the molecule is CCOCCCNC(C)(CC(C)C)C(=O)O. The molecule has 0 heterocycles. The summed E-state index contributed by atoms with van der Waals surface area (Å²) in [5, 5.41) is 12.3. The van der Waals surface area contributed by atoms with Gasteiger partial charge in [-0.15, -0.1) is 0 Å². The number of aliphatic carboxylic acids is 1. The number of carbonyl (C=O) groups is 1. The Hall–Kier alpha value is -0.610. The minimum Gasteiger partial charge on any atom is -0.480 e. The van der Waals surface area contributed by atoms with Crippen molar-refractivity contribution >= 4 is 5.97 Å². The van der Waals surface area contributed by atoms with Gasteiger partial charge in [0.05, 0.1) is 0 Å². The van der Waals surface area contributed by atoms with E-state index in [0.29, 0.717) is 32.1 Å². The first-order valence-corrected chi connectivity index (χ1v) is 5.98. The average Bonchev–Trinajstić information content (AvgIpc) is 2.16. The topological polar surface area (TPSA) is 58.6 Å². The van der Waals surface area contributed by atoms with Gasteiger partial charge >= 0.3 is 5.97 Å². The van der Waals surface area contributed by atoms with Crippen molar-refractivity contribution < 1.29 is 14.6 Å². The van der Waals surface area contributed by atoms with E-state index in [1.165, 1.54) is 0 Å². The zero-order valence-electron chi connectivity index (χ0n) is 10.9. The molecule has 1 atom stereocenters. The van der Waals surface area contributed by atoms with Gasteiger partial charge in [-0.05, 0) is 39.2 Å². The largest absolute Gasteiger partial charge is 0.480 e. The molecule has 0 aliphatic carbocycles. The average molecular weight is 231 g/mol. The fourth-order valence-corrected chi connectivity index (χ4v) is 1.73. The zero-order valence-corrected chi connectivity index (χ0v) is 10.9. The molecule has 16 heavy (non-hydrogen) atoms. The molecule has 4 nitrogen and oxygen atoms in total. The summed E-state index contributed by atoms with van der Waals surface area (Å²) >= 11 is 0. The molecule has 2 N–H and O–H groups in total. The van der Waals surface area contributed by atoms with Crippen LogP contribution < -0.4 is 5.32 Å². The summed E-state index contributed by atoms with van der Waals surface area (Å²) in [5.74, 6) is -0.418. The van der Waals surface area contributed by atoms with Gasteiger partial charge in [0.1, 0.15) is 5.54 Å². The highest BCUT2D eigenvalue weighted by Crippen LogP contribution is 2.16. The minimum absolute atomic E-state index is 0.362. The Balaban J connectivity index is 3.98. The standard InChI is InChI=1S/C12H25NO3/c1-5-16-8-6-7-13-12(4,11(14)15)9-10(2)3/h10,13H,5-9H2,1-4H3,(H,14,15). The molecule has 0 bridgehead atoms. The Kier molecular flexibility index (Phi) is 7.34. The van der Waals surface area contributed by atoms with E-state index in [4.69, 9.17) is 4.74 Å². The third-order valence-electron chi connectivity index (χ3n) is 2.47. The Labute approximate surface area is 98.4 Å². The van der Waals surface area contributed by atoms with Crippen molar-refractivity contribution in [2.75, 3.05) is 19.8 Å². The summed E-state index contributed by atoms with van der Waals surface area (Å²) in [6.07, 6.45) is 1.48. The molecule has 0 aliphatic rings. The van der Waals surface area contributed by atoms with Gasteiger partial charge in [-0.3, -0.25) is 4.79 Å². The molecule has 0 aromatic heterocycles. The smallest absolute Gasteiger partial charge is 0.323 e. The maximum atomic E-state index is 11.2. The molecule has 0 saturated carbocycles. The van der Waals surface area contributed by atoms with Gasteiger partial charge < -0.3 is 15.2 Å². The molecule has 0 aromatic carbocycles. The van der Waals surface area contributed by atoms with Gasteiger partial charge in [0.25, 0.3) is 0 Å². The molecule has 0 rings (SSSR count). The van der Waals surface area contributed by atoms with E-state index in [1.807, 2.05) is 20.8 Å². The number of carboxylic acids is 1. The summed E-state index contributed by atoms with van der Waals surface area (Å²) < 4.78 is 5.20. The van der Waals surface area contributed by atoms with Crippen LogP contribution in [0.3, 0.4) is 0 Å². The fraction of sp³-hybridized carbons (Fsp3) is 0.917. The van der Waals surface area contributed by atoms with Crippen LogP contribution >= 0.6 is 0 Å². The Morgan fingerprint density at radius 3 is 2.56 bits per heavy atom. The minimum atomic E-state index is -0.819. The van der Waals surface area contributed by atoms with E-state index >= 15 is 0 Å². The molecular weight excluding hydrogens is 206 g/mol. The van der Waals surface area contributed by atoms with Crippen LogP contribution in [-0.2, 0) is 9.53 Å². The molecule has 0 amide bonds. The van der Waals surface area contributed by atoms with E-state index < -0.39 is 11.5 Å². The molecule has 0 aromatic rings.